The smallest absolute Gasteiger partial charge is 0.216 e. The van der Waals surface area contributed by atoms with Crippen LogP contribution in [0.4, 0.5) is 0 Å². The predicted molar refractivity (Wildman–Crippen MR) is 100 cm³/mol. The van der Waals surface area contributed by atoms with Crippen LogP contribution in [0.15, 0.2) is 47.6 Å². The Morgan fingerprint density at radius 1 is 1.16 bits per heavy atom. The second-order valence-corrected chi connectivity index (χ2v) is 5.72. The van der Waals surface area contributed by atoms with Gasteiger partial charge in [0.2, 0.25) is 4.77 Å². The Balaban J connectivity index is 2.02. The number of ether oxygens (including phenoxy) is 2. The van der Waals surface area contributed by atoms with Crippen LogP contribution in [0.2, 0.25) is 0 Å². The number of hydrogen-bond acceptors (Lipinski definition) is 5. The van der Waals surface area contributed by atoms with Crippen molar-refractivity contribution in [1.82, 2.24) is 14.9 Å². The van der Waals surface area contributed by atoms with Crippen LogP contribution in [0.5, 0.6) is 11.5 Å². The van der Waals surface area contributed by atoms with Gasteiger partial charge in [-0.3, -0.25) is 0 Å². The van der Waals surface area contributed by atoms with E-state index in [0.29, 0.717) is 16.3 Å². The van der Waals surface area contributed by atoms with Gasteiger partial charge in [-0.05, 0) is 36.8 Å². The minimum Gasteiger partial charge on any atom is -0.497 e. The van der Waals surface area contributed by atoms with Crippen LogP contribution in [-0.2, 0) is 0 Å². The number of nitrogens with one attached hydrogen (secondary N) is 1. The second kappa shape index (κ2) is 7.31. The van der Waals surface area contributed by atoms with Gasteiger partial charge in [0.15, 0.2) is 5.82 Å². The molecule has 2 aromatic carbocycles. The molecule has 0 aliphatic rings. The average Bonchev–Trinajstić information content (AvgIpc) is 3.00. The van der Waals surface area contributed by atoms with Crippen LogP contribution >= 0.6 is 12.2 Å². The van der Waals surface area contributed by atoms with Crippen molar-refractivity contribution in [1.29, 1.82) is 0 Å². The van der Waals surface area contributed by atoms with Crippen LogP contribution in [0.25, 0.3) is 11.4 Å². The molecular weight excluding hydrogens is 336 g/mol. The van der Waals surface area contributed by atoms with Gasteiger partial charge in [-0.1, -0.05) is 24.3 Å². The molecule has 1 aromatic heterocycles. The molecule has 0 atom stereocenters. The van der Waals surface area contributed by atoms with Crippen molar-refractivity contribution in [2.75, 3.05) is 14.2 Å². The molecule has 3 rings (SSSR count). The molecule has 0 unspecified atom stereocenters. The topological polar surface area (TPSA) is 64.4 Å². The van der Waals surface area contributed by atoms with Gasteiger partial charge in [-0.15, -0.1) is 0 Å². The minimum absolute atomic E-state index is 0.419. The van der Waals surface area contributed by atoms with E-state index in [4.69, 9.17) is 21.7 Å². The maximum atomic E-state index is 5.39. The number of aryl methyl sites for hydroxylation is 1. The second-order valence-electron chi connectivity index (χ2n) is 5.33. The number of rotatable bonds is 5. The highest BCUT2D eigenvalue weighted by Crippen LogP contribution is 2.24. The Bertz CT molecular complexity index is 975. The molecule has 0 fully saturated rings. The number of aromatic amines is 1. The normalized spacial score (nSPS) is 11.0. The monoisotopic (exact) mass is 354 g/mol. The van der Waals surface area contributed by atoms with E-state index >= 15 is 0 Å². The Morgan fingerprint density at radius 3 is 2.68 bits per heavy atom. The van der Waals surface area contributed by atoms with Crippen LogP contribution in [0.3, 0.4) is 0 Å². The Hall–Kier alpha value is -2.93. The van der Waals surface area contributed by atoms with Gasteiger partial charge in [0.05, 0.1) is 20.4 Å². The number of methoxy groups -OCH3 is 2. The lowest BCUT2D eigenvalue weighted by Gasteiger charge is -2.07. The molecule has 0 aliphatic heterocycles. The lowest BCUT2D eigenvalue weighted by Crippen LogP contribution is -1.98. The van der Waals surface area contributed by atoms with Crippen molar-refractivity contribution in [2.45, 2.75) is 6.92 Å². The first-order valence-corrected chi connectivity index (χ1v) is 8.04. The fourth-order valence-corrected chi connectivity index (χ4v) is 2.62. The molecule has 0 bridgehead atoms. The van der Waals surface area contributed by atoms with Crippen molar-refractivity contribution in [3.63, 3.8) is 0 Å². The summed E-state index contributed by atoms with van der Waals surface area (Å²) < 4.78 is 12.6. The summed E-state index contributed by atoms with van der Waals surface area (Å²) in [6.07, 6.45) is 1.69. The van der Waals surface area contributed by atoms with Gasteiger partial charge in [-0.25, -0.2) is 5.10 Å². The lowest BCUT2D eigenvalue weighted by atomic mass is 10.1. The molecule has 0 saturated heterocycles. The summed E-state index contributed by atoms with van der Waals surface area (Å²) in [5.74, 6) is 2.04. The van der Waals surface area contributed by atoms with Crippen molar-refractivity contribution in [3.8, 4) is 22.9 Å². The molecular formula is C18H18N4O2S. The van der Waals surface area contributed by atoms with E-state index in [-0.39, 0.29) is 0 Å². The van der Waals surface area contributed by atoms with E-state index in [1.165, 1.54) is 0 Å². The predicted octanol–water partition coefficient (Wildman–Crippen LogP) is 3.82. The van der Waals surface area contributed by atoms with E-state index in [1.807, 2.05) is 43.3 Å². The Labute approximate surface area is 150 Å². The third-order valence-corrected chi connectivity index (χ3v) is 4.05. The number of H-pyrrole nitrogens is 1. The quantitative estimate of drug-likeness (QED) is 0.559. The van der Waals surface area contributed by atoms with E-state index in [2.05, 4.69) is 15.3 Å². The standard InChI is InChI=1S/C18H18N4O2S/c1-12-6-4-5-7-15(12)17-20-21-18(25)22(17)19-11-13-8-9-14(23-2)10-16(13)24-3/h4-11H,1-3H3,(H,21,25)/b19-11-. The fraction of sp³-hybridized carbons (Fsp3) is 0.167. The van der Waals surface area contributed by atoms with E-state index in [0.717, 1.165) is 22.4 Å². The van der Waals surface area contributed by atoms with Gasteiger partial charge in [0, 0.05) is 17.2 Å². The molecule has 0 aliphatic carbocycles. The number of hydrogen-bond donors (Lipinski definition) is 1. The van der Waals surface area contributed by atoms with Crippen molar-refractivity contribution >= 4 is 18.4 Å². The fourth-order valence-electron chi connectivity index (χ4n) is 2.44. The van der Waals surface area contributed by atoms with Crippen molar-refractivity contribution in [3.05, 3.63) is 58.4 Å². The zero-order valence-corrected chi connectivity index (χ0v) is 15.0. The summed E-state index contributed by atoms with van der Waals surface area (Å²) in [4.78, 5) is 0. The Morgan fingerprint density at radius 2 is 1.96 bits per heavy atom. The summed E-state index contributed by atoms with van der Waals surface area (Å²) in [7, 11) is 3.22. The third kappa shape index (κ3) is 3.46. The summed E-state index contributed by atoms with van der Waals surface area (Å²) in [5.41, 5.74) is 2.87. The molecule has 128 valence electrons. The van der Waals surface area contributed by atoms with Crippen LogP contribution in [-0.4, -0.2) is 35.3 Å². The van der Waals surface area contributed by atoms with E-state index < -0.39 is 0 Å². The van der Waals surface area contributed by atoms with Gasteiger partial charge < -0.3 is 9.47 Å². The average molecular weight is 354 g/mol. The Kier molecular flexibility index (Phi) is 4.95. The highest BCUT2D eigenvalue weighted by molar-refractivity contribution is 7.71. The molecule has 1 N–H and O–H groups in total. The van der Waals surface area contributed by atoms with Gasteiger partial charge in [0.25, 0.3) is 0 Å². The lowest BCUT2D eigenvalue weighted by molar-refractivity contribution is 0.394. The third-order valence-electron chi connectivity index (χ3n) is 3.79. The largest absolute Gasteiger partial charge is 0.497 e. The number of aromatic nitrogens is 3. The SMILES string of the molecule is COc1ccc(/C=N\n2c(-c3ccccc3C)n[nH]c2=S)c(OC)c1. The van der Waals surface area contributed by atoms with Gasteiger partial charge >= 0.3 is 0 Å². The molecule has 0 amide bonds. The first kappa shape index (κ1) is 16.9. The summed E-state index contributed by atoms with van der Waals surface area (Å²) in [5, 5.41) is 11.6. The first-order chi connectivity index (χ1) is 12.1. The zero-order valence-electron chi connectivity index (χ0n) is 14.2. The molecule has 0 saturated carbocycles. The van der Waals surface area contributed by atoms with E-state index in [1.54, 1.807) is 31.2 Å². The highest BCUT2D eigenvalue weighted by atomic mass is 32.1. The maximum absolute atomic E-state index is 5.39. The highest BCUT2D eigenvalue weighted by Gasteiger charge is 2.10. The first-order valence-electron chi connectivity index (χ1n) is 7.64. The molecule has 1 heterocycles. The molecule has 0 radical (unpaired) electrons. The molecule has 25 heavy (non-hydrogen) atoms. The molecule has 3 aromatic rings. The molecule has 0 spiro atoms. The van der Waals surface area contributed by atoms with E-state index in [9.17, 15) is 0 Å². The van der Waals surface area contributed by atoms with Gasteiger partial charge in [0.1, 0.15) is 11.5 Å². The van der Waals surface area contributed by atoms with Crippen molar-refractivity contribution in [2.24, 2.45) is 5.10 Å². The van der Waals surface area contributed by atoms with Crippen LogP contribution in [0.1, 0.15) is 11.1 Å². The molecule has 7 heteroatoms. The van der Waals surface area contributed by atoms with Crippen LogP contribution in [0, 0.1) is 11.7 Å². The summed E-state index contributed by atoms with van der Waals surface area (Å²) in [6.45, 7) is 2.02. The maximum Gasteiger partial charge on any atom is 0.216 e. The molecule has 6 nitrogen and oxygen atoms in total. The van der Waals surface area contributed by atoms with Crippen molar-refractivity contribution < 1.29 is 9.47 Å². The summed E-state index contributed by atoms with van der Waals surface area (Å²) >= 11 is 5.31. The zero-order chi connectivity index (χ0) is 17.8. The minimum atomic E-state index is 0.419. The van der Waals surface area contributed by atoms with Gasteiger partial charge in [-0.2, -0.15) is 14.9 Å². The van der Waals surface area contributed by atoms with Crippen LogP contribution < -0.4 is 9.47 Å². The number of nitrogens with zero attached hydrogens (tertiary/aromatic N) is 3. The number of benzene rings is 2. The summed E-state index contributed by atoms with van der Waals surface area (Å²) in [6, 6.07) is 13.5.